The molecule has 1 N–H and O–H groups in total. The predicted octanol–water partition coefficient (Wildman–Crippen LogP) is 1.77. The van der Waals surface area contributed by atoms with Gasteiger partial charge < -0.3 is 4.72 Å². The van der Waals surface area contributed by atoms with Gasteiger partial charge in [-0.1, -0.05) is 11.9 Å². The van der Waals surface area contributed by atoms with E-state index in [0.29, 0.717) is 0 Å². The molecule has 0 aromatic carbocycles. The van der Waals surface area contributed by atoms with Crippen LogP contribution in [0.2, 0.25) is 0 Å². The third kappa shape index (κ3) is 1.93. The van der Waals surface area contributed by atoms with Crippen LogP contribution in [0.3, 0.4) is 0 Å². The van der Waals surface area contributed by atoms with E-state index < -0.39 is 0 Å². The van der Waals surface area contributed by atoms with Crippen LogP contribution in [0, 0.1) is 0 Å². The van der Waals surface area contributed by atoms with E-state index in [1.807, 2.05) is 18.4 Å². The van der Waals surface area contributed by atoms with Crippen molar-refractivity contribution in [3.8, 4) is 0 Å². The molecule has 0 unspecified atom stereocenters. The Balaban J connectivity index is 2.61. The Bertz CT molecular complexity index is 164. The molecule has 0 spiro atoms. The molecule has 0 saturated heterocycles. The van der Waals surface area contributed by atoms with Gasteiger partial charge in [0.05, 0.1) is 0 Å². The highest BCUT2D eigenvalue weighted by atomic mass is 32.2. The third-order valence-corrected chi connectivity index (χ3v) is 1.34. The lowest BCUT2D eigenvalue weighted by Gasteiger charge is -1.97. The van der Waals surface area contributed by atoms with Gasteiger partial charge in [-0.15, -0.1) is 0 Å². The van der Waals surface area contributed by atoms with E-state index in [1.54, 1.807) is 24.3 Å². The first kappa shape index (κ1) is 6.42. The number of nitrogens with one attached hydrogen (secondary N) is 1. The van der Waals surface area contributed by atoms with Crippen molar-refractivity contribution in [1.82, 2.24) is 4.98 Å². The summed E-state index contributed by atoms with van der Waals surface area (Å²) in [6.07, 6.45) is 5.51. The lowest BCUT2D eigenvalue weighted by Crippen LogP contribution is -1.82. The fourth-order valence-electron chi connectivity index (χ4n) is 0.538. The maximum atomic E-state index is 3.88. The Hall–Kier alpha value is -0.700. The number of rotatable bonds is 2. The Morgan fingerprint density at radius 2 is 2.11 bits per heavy atom. The number of hydrogen-bond acceptors (Lipinski definition) is 3. The molecule has 9 heavy (non-hydrogen) atoms. The highest BCUT2D eigenvalue weighted by Gasteiger charge is 1.83. The van der Waals surface area contributed by atoms with Crippen molar-refractivity contribution in [3.63, 3.8) is 0 Å². The minimum Gasteiger partial charge on any atom is -0.330 e. The largest absolute Gasteiger partial charge is 0.330 e. The standard InChI is InChI=1S/C6H8N2S/c1-9-8-6-2-4-7-5-3-6/h2-5H,1H3,(H,7,8). The molecule has 0 aliphatic carbocycles. The Labute approximate surface area is 58.8 Å². The van der Waals surface area contributed by atoms with E-state index in [-0.39, 0.29) is 0 Å². The summed E-state index contributed by atoms with van der Waals surface area (Å²) in [4.78, 5) is 3.88. The van der Waals surface area contributed by atoms with E-state index in [2.05, 4.69) is 9.71 Å². The summed E-state index contributed by atoms with van der Waals surface area (Å²) in [6, 6.07) is 3.85. The first-order chi connectivity index (χ1) is 4.43. The Morgan fingerprint density at radius 1 is 1.44 bits per heavy atom. The fraction of sp³-hybridized carbons (Fsp3) is 0.167. The number of anilines is 1. The molecule has 0 aliphatic rings. The highest BCUT2D eigenvalue weighted by molar-refractivity contribution is 7.99. The number of aromatic nitrogens is 1. The zero-order valence-electron chi connectivity index (χ0n) is 5.16. The number of nitrogens with zero attached hydrogens (tertiary/aromatic N) is 1. The molecule has 48 valence electrons. The predicted molar refractivity (Wildman–Crippen MR) is 41.4 cm³/mol. The first-order valence-electron chi connectivity index (χ1n) is 2.62. The van der Waals surface area contributed by atoms with Gasteiger partial charge in [-0.3, -0.25) is 4.98 Å². The van der Waals surface area contributed by atoms with E-state index in [0.717, 1.165) is 5.69 Å². The molecular formula is C6H8N2S. The van der Waals surface area contributed by atoms with Crippen LogP contribution in [0.1, 0.15) is 0 Å². The zero-order chi connectivity index (χ0) is 6.53. The van der Waals surface area contributed by atoms with Gasteiger partial charge in [-0.25, -0.2) is 0 Å². The molecule has 1 aromatic rings. The normalized spacial score (nSPS) is 9.00. The summed E-state index contributed by atoms with van der Waals surface area (Å²) in [5.41, 5.74) is 1.09. The molecule has 0 radical (unpaired) electrons. The SMILES string of the molecule is CSNc1ccncc1. The minimum atomic E-state index is 1.09. The Morgan fingerprint density at radius 3 is 2.67 bits per heavy atom. The minimum absolute atomic E-state index is 1.09. The van der Waals surface area contributed by atoms with Crippen LogP contribution in [-0.2, 0) is 0 Å². The Kier molecular flexibility index (Phi) is 2.39. The maximum Gasteiger partial charge on any atom is 0.0470 e. The number of pyridine rings is 1. The van der Waals surface area contributed by atoms with Crippen LogP contribution in [0.4, 0.5) is 5.69 Å². The van der Waals surface area contributed by atoms with Crippen LogP contribution in [0.15, 0.2) is 24.5 Å². The van der Waals surface area contributed by atoms with Crippen molar-refractivity contribution in [2.24, 2.45) is 0 Å². The van der Waals surface area contributed by atoms with Gasteiger partial charge in [0.25, 0.3) is 0 Å². The van der Waals surface area contributed by atoms with Gasteiger partial charge in [0.2, 0.25) is 0 Å². The van der Waals surface area contributed by atoms with Crippen LogP contribution >= 0.6 is 11.9 Å². The van der Waals surface area contributed by atoms with E-state index >= 15 is 0 Å². The van der Waals surface area contributed by atoms with E-state index in [9.17, 15) is 0 Å². The van der Waals surface area contributed by atoms with Crippen LogP contribution in [0.5, 0.6) is 0 Å². The molecule has 2 nitrogen and oxygen atoms in total. The van der Waals surface area contributed by atoms with Crippen molar-refractivity contribution in [3.05, 3.63) is 24.5 Å². The quantitative estimate of drug-likeness (QED) is 0.634. The topological polar surface area (TPSA) is 24.9 Å². The average molecular weight is 140 g/mol. The van der Waals surface area contributed by atoms with Gasteiger partial charge in [0.15, 0.2) is 0 Å². The molecule has 0 atom stereocenters. The van der Waals surface area contributed by atoms with Crippen molar-refractivity contribution in [1.29, 1.82) is 0 Å². The smallest absolute Gasteiger partial charge is 0.0470 e. The monoisotopic (exact) mass is 140 g/mol. The van der Waals surface area contributed by atoms with E-state index in [1.165, 1.54) is 0 Å². The molecule has 0 amide bonds. The first-order valence-corrected chi connectivity index (χ1v) is 3.85. The lowest BCUT2D eigenvalue weighted by molar-refractivity contribution is 1.33. The maximum absolute atomic E-state index is 3.88. The van der Waals surface area contributed by atoms with Crippen molar-refractivity contribution in [2.45, 2.75) is 0 Å². The van der Waals surface area contributed by atoms with Crippen LogP contribution in [0.25, 0.3) is 0 Å². The molecule has 1 heterocycles. The molecule has 0 aliphatic heterocycles. The fourth-order valence-corrected chi connectivity index (χ4v) is 0.910. The van der Waals surface area contributed by atoms with Gasteiger partial charge in [0.1, 0.15) is 0 Å². The summed E-state index contributed by atoms with van der Waals surface area (Å²) < 4.78 is 3.08. The zero-order valence-corrected chi connectivity index (χ0v) is 5.98. The van der Waals surface area contributed by atoms with Gasteiger partial charge in [-0.05, 0) is 12.1 Å². The van der Waals surface area contributed by atoms with Crippen molar-refractivity contribution >= 4 is 17.6 Å². The van der Waals surface area contributed by atoms with Crippen molar-refractivity contribution in [2.75, 3.05) is 11.0 Å². The molecular weight excluding hydrogens is 132 g/mol. The molecule has 1 aromatic heterocycles. The molecule has 3 heteroatoms. The summed E-state index contributed by atoms with van der Waals surface area (Å²) >= 11 is 1.58. The third-order valence-electron chi connectivity index (χ3n) is 0.900. The summed E-state index contributed by atoms with van der Waals surface area (Å²) in [6.45, 7) is 0. The average Bonchev–Trinajstić information content (AvgIpc) is 1.91. The molecule has 0 bridgehead atoms. The molecule has 0 fully saturated rings. The number of hydrogen-bond donors (Lipinski definition) is 1. The lowest BCUT2D eigenvalue weighted by atomic mass is 10.4. The van der Waals surface area contributed by atoms with Gasteiger partial charge >= 0.3 is 0 Å². The highest BCUT2D eigenvalue weighted by Crippen LogP contribution is 2.06. The van der Waals surface area contributed by atoms with Crippen LogP contribution in [-0.4, -0.2) is 11.2 Å². The summed E-state index contributed by atoms with van der Waals surface area (Å²) in [5.74, 6) is 0. The van der Waals surface area contributed by atoms with Gasteiger partial charge in [-0.2, -0.15) is 0 Å². The second kappa shape index (κ2) is 3.35. The molecule has 1 rings (SSSR count). The van der Waals surface area contributed by atoms with Crippen LogP contribution < -0.4 is 4.72 Å². The summed E-state index contributed by atoms with van der Waals surface area (Å²) in [5, 5.41) is 0. The molecule has 0 saturated carbocycles. The van der Waals surface area contributed by atoms with Gasteiger partial charge in [0, 0.05) is 24.3 Å². The van der Waals surface area contributed by atoms with Crippen molar-refractivity contribution < 1.29 is 0 Å². The van der Waals surface area contributed by atoms with E-state index in [4.69, 9.17) is 0 Å². The summed E-state index contributed by atoms with van der Waals surface area (Å²) in [7, 11) is 0. The second-order valence-electron chi connectivity index (χ2n) is 1.54. The second-order valence-corrected chi connectivity index (χ2v) is 2.15.